The van der Waals surface area contributed by atoms with E-state index < -0.39 is 0 Å². The molecule has 0 radical (unpaired) electrons. The molecule has 5 heteroatoms. The second-order valence-electron chi connectivity index (χ2n) is 6.49. The van der Waals surface area contributed by atoms with Crippen LogP contribution in [0.4, 0.5) is 5.82 Å². The van der Waals surface area contributed by atoms with E-state index in [1.165, 1.54) is 0 Å². The lowest BCUT2D eigenvalue weighted by Crippen LogP contribution is -2.26. The van der Waals surface area contributed by atoms with Crippen LogP contribution < -0.4 is 5.73 Å². The first kappa shape index (κ1) is 16.4. The molecule has 0 aliphatic heterocycles. The number of anilines is 1. The first-order chi connectivity index (χ1) is 9.62. The Labute approximate surface area is 139 Å². The average Bonchev–Trinajstić information content (AvgIpc) is 2.70. The minimum absolute atomic E-state index is 0.117. The van der Waals surface area contributed by atoms with Crippen LogP contribution in [0.15, 0.2) is 22.7 Å². The maximum absolute atomic E-state index is 6.39. The molecular formula is C16H21BrClN3. The highest BCUT2D eigenvalue weighted by Gasteiger charge is 2.26. The molecule has 0 fully saturated rings. The predicted molar refractivity (Wildman–Crippen MR) is 93.9 cm³/mol. The standard InChI is InChI=1S/C16H21BrClN3/c1-9(2)15-20-13(14(19)21(15)16(3,4)5)10-6-7-11(17)12(18)8-10/h6-9H,19H2,1-5H3. The van der Waals surface area contributed by atoms with Gasteiger partial charge in [0.25, 0.3) is 0 Å². The largest absolute Gasteiger partial charge is 0.383 e. The van der Waals surface area contributed by atoms with Crippen LogP contribution in [0.5, 0.6) is 0 Å². The summed E-state index contributed by atoms with van der Waals surface area (Å²) in [5, 5.41) is 0.656. The average molecular weight is 371 g/mol. The molecule has 3 nitrogen and oxygen atoms in total. The van der Waals surface area contributed by atoms with E-state index in [9.17, 15) is 0 Å². The van der Waals surface area contributed by atoms with E-state index in [0.29, 0.717) is 16.8 Å². The smallest absolute Gasteiger partial charge is 0.132 e. The Kier molecular flexibility index (Phi) is 4.41. The van der Waals surface area contributed by atoms with Crippen LogP contribution >= 0.6 is 27.5 Å². The lowest BCUT2D eigenvalue weighted by molar-refractivity contribution is 0.382. The monoisotopic (exact) mass is 369 g/mol. The van der Waals surface area contributed by atoms with Crippen molar-refractivity contribution in [1.82, 2.24) is 9.55 Å². The number of benzene rings is 1. The highest BCUT2D eigenvalue weighted by atomic mass is 79.9. The lowest BCUT2D eigenvalue weighted by atomic mass is 10.1. The molecule has 0 atom stereocenters. The van der Waals surface area contributed by atoms with Gasteiger partial charge in [-0.15, -0.1) is 0 Å². The minimum atomic E-state index is -0.117. The number of hydrogen-bond acceptors (Lipinski definition) is 2. The second-order valence-corrected chi connectivity index (χ2v) is 7.76. The third-order valence-corrected chi connectivity index (χ3v) is 4.55. The number of nitrogens with zero attached hydrogens (tertiary/aromatic N) is 2. The SMILES string of the molecule is CC(C)c1nc(-c2ccc(Br)c(Cl)c2)c(N)n1C(C)(C)C. The normalized spacial score (nSPS) is 12.2. The van der Waals surface area contributed by atoms with Crippen LogP contribution in [0, 0.1) is 0 Å². The summed E-state index contributed by atoms with van der Waals surface area (Å²) < 4.78 is 2.98. The highest BCUT2D eigenvalue weighted by molar-refractivity contribution is 9.10. The zero-order valence-electron chi connectivity index (χ0n) is 13.0. The van der Waals surface area contributed by atoms with Crippen LogP contribution in [0.25, 0.3) is 11.3 Å². The quantitative estimate of drug-likeness (QED) is 0.766. The van der Waals surface area contributed by atoms with Gasteiger partial charge in [0.15, 0.2) is 0 Å². The molecule has 2 aromatic rings. The summed E-state index contributed by atoms with van der Waals surface area (Å²) in [6.07, 6.45) is 0. The maximum atomic E-state index is 6.39. The molecule has 0 aliphatic rings. The number of halogens is 2. The van der Waals surface area contributed by atoms with Gasteiger partial charge in [-0.05, 0) is 48.8 Å². The molecule has 2 rings (SSSR count). The van der Waals surface area contributed by atoms with Crippen LogP contribution in [-0.4, -0.2) is 9.55 Å². The summed E-state index contributed by atoms with van der Waals surface area (Å²) in [4.78, 5) is 4.78. The summed E-state index contributed by atoms with van der Waals surface area (Å²) >= 11 is 9.60. The third kappa shape index (κ3) is 3.11. The highest BCUT2D eigenvalue weighted by Crippen LogP contribution is 2.36. The van der Waals surface area contributed by atoms with E-state index in [2.05, 4.69) is 55.1 Å². The molecular weight excluding hydrogens is 350 g/mol. The summed E-state index contributed by atoms with van der Waals surface area (Å²) in [7, 11) is 0. The molecule has 0 spiro atoms. The van der Waals surface area contributed by atoms with Crippen LogP contribution in [0.2, 0.25) is 5.02 Å². The first-order valence-electron chi connectivity index (χ1n) is 6.97. The number of imidazole rings is 1. The summed E-state index contributed by atoms with van der Waals surface area (Å²) in [6.45, 7) is 10.7. The Morgan fingerprint density at radius 3 is 2.33 bits per heavy atom. The van der Waals surface area contributed by atoms with E-state index in [4.69, 9.17) is 22.3 Å². The van der Waals surface area contributed by atoms with Crippen molar-refractivity contribution in [3.05, 3.63) is 33.5 Å². The van der Waals surface area contributed by atoms with Gasteiger partial charge in [-0.2, -0.15) is 0 Å². The Morgan fingerprint density at radius 2 is 1.90 bits per heavy atom. The van der Waals surface area contributed by atoms with E-state index in [-0.39, 0.29) is 5.54 Å². The van der Waals surface area contributed by atoms with Crippen LogP contribution in [0.1, 0.15) is 46.4 Å². The first-order valence-corrected chi connectivity index (χ1v) is 8.14. The van der Waals surface area contributed by atoms with E-state index in [0.717, 1.165) is 21.6 Å². The molecule has 0 amide bonds. The van der Waals surface area contributed by atoms with Gasteiger partial charge in [0.05, 0.1) is 5.02 Å². The number of aromatic nitrogens is 2. The van der Waals surface area contributed by atoms with E-state index >= 15 is 0 Å². The van der Waals surface area contributed by atoms with Crippen molar-refractivity contribution >= 4 is 33.3 Å². The van der Waals surface area contributed by atoms with Gasteiger partial charge in [0, 0.05) is 21.5 Å². The van der Waals surface area contributed by atoms with E-state index in [1.54, 1.807) is 0 Å². The van der Waals surface area contributed by atoms with Gasteiger partial charge in [0.1, 0.15) is 17.3 Å². The number of nitrogen functional groups attached to an aromatic ring is 1. The van der Waals surface area contributed by atoms with Crippen molar-refractivity contribution < 1.29 is 0 Å². The molecule has 1 heterocycles. The second kappa shape index (κ2) is 5.65. The third-order valence-electron chi connectivity index (χ3n) is 3.32. The fourth-order valence-corrected chi connectivity index (χ4v) is 2.83. The van der Waals surface area contributed by atoms with Crippen molar-refractivity contribution in [2.75, 3.05) is 5.73 Å². The van der Waals surface area contributed by atoms with Crippen LogP contribution in [0.3, 0.4) is 0 Å². The molecule has 21 heavy (non-hydrogen) atoms. The predicted octanol–water partition coefficient (Wildman–Crippen LogP) is 5.43. The van der Waals surface area contributed by atoms with Crippen molar-refractivity contribution in [1.29, 1.82) is 0 Å². The summed E-state index contributed by atoms with van der Waals surface area (Å²) in [6, 6.07) is 5.79. The fourth-order valence-electron chi connectivity index (χ4n) is 2.40. The molecule has 0 saturated heterocycles. The van der Waals surface area contributed by atoms with Gasteiger partial charge in [0.2, 0.25) is 0 Å². The maximum Gasteiger partial charge on any atom is 0.132 e. The van der Waals surface area contributed by atoms with Gasteiger partial charge < -0.3 is 10.3 Å². The van der Waals surface area contributed by atoms with Crippen molar-refractivity contribution in [2.24, 2.45) is 0 Å². The van der Waals surface area contributed by atoms with Crippen molar-refractivity contribution in [3.8, 4) is 11.3 Å². The molecule has 0 saturated carbocycles. The fraction of sp³-hybridized carbons (Fsp3) is 0.438. The van der Waals surface area contributed by atoms with Crippen molar-refractivity contribution in [3.63, 3.8) is 0 Å². The molecule has 0 unspecified atom stereocenters. The van der Waals surface area contributed by atoms with Gasteiger partial charge in [-0.3, -0.25) is 0 Å². The molecule has 1 aromatic carbocycles. The van der Waals surface area contributed by atoms with Crippen molar-refractivity contribution in [2.45, 2.75) is 46.1 Å². The van der Waals surface area contributed by atoms with E-state index in [1.807, 2.05) is 18.2 Å². The van der Waals surface area contributed by atoms with Gasteiger partial charge in [-0.1, -0.05) is 31.5 Å². The van der Waals surface area contributed by atoms with Crippen LogP contribution in [-0.2, 0) is 5.54 Å². The van der Waals surface area contributed by atoms with Gasteiger partial charge in [-0.25, -0.2) is 4.98 Å². The lowest BCUT2D eigenvalue weighted by Gasteiger charge is -2.26. The Hall–Kier alpha value is -1.00. The Morgan fingerprint density at radius 1 is 1.29 bits per heavy atom. The zero-order valence-corrected chi connectivity index (χ0v) is 15.4. The van der Waals surface area contributed by atoms with Gasteiger partial charge >= 0.3 is 0 Å². The molecule has 2 N–H and O–H groups in total. The summed E-state index contributed by atoms with van der Waals surface area (Å²) in [5.41, 5.74) is 8.01. The Balaban J connectivity index is 2.68. The number of rotatable bonds is 2. The number of hydrogen-bond donors (Lipinski definition) is 1. The number of nitrogens with two attached hydrogens (primary N) is 1. The topological polar surface area (TPSA) is 43.8 Å². The minimum Gasteiger partial charge on any atom is -0.383 e. The molecule has 0 bridgehead atoms. The Bertz CT molecular complexity index is 669. The molecule has 0 aliphatic carbocycles. The zero-order chi connectivity index (χ0) is 15.9. The summed E-state index contributed by atoms with van der Waals surface area (Å²) in [5.74, 6) is 1.98. The molecule has 114 valence electrons. The molecule has 1 aromatic heterocycles.